The number of hydrogen-bond donors (Lipinski definition) is 2. The van der Waals surface area contributed by atoms with Crippen molar-refractivity contribution in [3.05, 3.63) is 69.8 Å². The zero-order valence-electron chi connectivity index (χ0n) is 11.3. The van der Waals surface area contributed by atoms with E-state index in [4.69, 9.17) is 15.6 Å². The van der Waals surface area contributed by atoms with Crippen LogP contribution >= 0.6 is 0 Å². The molecule has 3 N–H and O–H groups in total. The molecule has 0 bridgehead atoms. The van der Waals surface area contributed by atoms with Crippen molar-refractivity contribution in [2.24, 2.45) is 5.73 Å². The Labute approximate surface area is 121 Å². The summed E-state index contributed by atoms with van der Waals surface area (Å²) in [6.45, 7) is 0.168. The van der Waals surface area contributed by atoms with Gasteiger partial charge < -0.3 is 15.6 Å². The van der Waals surface area contributed by atoms with E-state index in [-0.39, 0.29) is 12.3 Å². The summed E-state index contributed by atoms with van der Waals surface area (Å²) in [5.41, 5.74) is 7.42. The van der Waals surface area contributed by atoms with Gasteiger partial charge in [-0.05, 0) is 35.4 Å². The number of nitrogens with two attached hydrogens (primary N) is 1. The van der Waals surface area contributed by atoms with E-state index in [0.29, 0.717) is 12.4 Å². The molecule has 1 atom stereocenters. The topological polar surface area (TPSA) is 98.6 Å². The smallest absolute Gasteiger partial charge is 0.269 e. The number of non-ortho nitro benzene ring substituents is 1. The van der Waals surface area contributed by atoms with Crippen molar-refractivity contribution in [2.75, 3.05) is 6.61 Å². The van der Waals surface area contributed by atoms with Crippen LogP contribution < -0.4 is 10.5 Å². The Kier molecular flexibility index (Phi) is 4.86. The highest BCUT2D eigenvalue weighted by Crippen LogP contribution is 2.19. The Bertz CT molecular complexity index is 613. The number of aliphatic hydroxyl groups is 1. The van der Waals surface area contributed by atoms with Crippen LogP contribution in [0.4, 0.5) is 5.69 Å². The minimum absolute atomic E-state index is 0.0506. The van der Waals surface area contributed by atoms with Gasteiger partial charge in [-0.3, -0.25) is 10.1 Å². The van der Waals surface area contributed by atoms with Gasteiger partial charge in [0.25, 0.3) is 5.69 Å². The van der Waals surface area contributed by atoms with Crippen molar-refractivity contribution in [2.45, 2.75) is 12.6 Å². The summed E-state index contributed by atoms with van der Waals surface area (Å²) in [6.07, 6.45) is 0. The highest BCUT2D eigenvalue weighted by atomic mass is 16.6. The van der Waals surface area contributed by atoms with Crippen LogP contribution in [-0.2, 0) is 6.61 Å². The maximum atomic E-state index is 10.6. The molecule has 21 heavy (non-hydrogen) atoms. The van der Waals surface area contributed by atoms with Gasteiger partial charge in [0.1, 0.15) is 12.4 Å². The number of nitrogens with zero attached hydrogens (tertiary/aromatic N) is 1. The Hall–Kier alpha value is -2.44. The van der Waals surface area contributed by atoms with E-state index >= 15 is 0 Å². The third-order valence-electron chi connectivity index (χ3n) is 3.04. The van der Waals surface area contributed by atoms with Crippen molar-refractivity contribution in [3.8, 4) is 5.75 Å². The number of aliphatic hydroxyl groups excluding tert-OH is 1. The summed E-state index contributed by atoms with van der Waals surface area (Å²) in [6, 6.07) is 12.9. The highest BCUT2D eigenvalue weighted by molar-refractivity contribution is 5.34. The molecule has 0 spiro atoms. The summed E-state index contributed by atoms with van der Waals surface area (Å²) in [7, 11) is 0. The molecule has 110 valence electrons. The summed E-state index contributed by atoms with van der Waals surface area (Å²) < 4.78 is 5.62. The van der Waals surface area contributed by atoms with Gasteiger partial charge in [-0.2, -0.15) is 0 Å². The molecule has 0 aliphatic carbocycles. The number of rotatable bonds is 6. The first kappa shape index (κ1) is 15.0. The van der Waals surface area contributed by atoms with Crippen molar-refractivity contribution < 1.29 is 14.8 Å². The molecule has 2 rings (SSSR count). The third kappa shape index (κ3) is 4.01. The molecule has 0 radical (unpaired) electrons. The van der Waals surface area contributed by atoms with E-state index in [2.05, 4.69) is 0 Å². The van der Waals surface area contributed by atoms with Gasteiger partial charge in [0.15, 0.2) is 0 Å². The molecular formula is C15H16N2O4. The summed E-state index contributed by atoms with van der Waals surface area (Å²) in [5, 5.41) is 19.6. The SMILES string of the molecule is N[C@@H](CO)c1cccc(OCc2ccc([N+](=O)[O-])cc2)c1. The fraction of sp³-hybridized carbons (Fsp3) is 0.200. The number of benzene rings is 2. The molecule has 0 unspecified atom stereocenters. The van der Waals surface area contributed by atoms with Crippen LogP contribution in [0.5, 0.6) is 5.75 Å². The van der Waals surface area contributed by atoms with Crippen molar-refractivity contribution in [1.82, 2.24) is 0 Å². The van der Waals surface area contributed by atoms with Crippen LogP contribution in [0.2, 0.25) is 0 Å². The fourth-order valence-corrected chi connectivity index (χ4v) is 1.82. The van der Waals surface area contributed by atoms with Crippen LogP contribution in [-0.4, -0.2) is 16.6 Å². The average Bonchev–Trinajstić information content (AvgIpc) is 2.52. The van der Waals surface area contributed by atoms with Crippen LogP contribution in [0.25, 0.3) is 0 Å². The monoisotopic (exact) mass is 288 g/mol. The highest BCUT2D eigenvalue weighted by Gasteiger charge is 2.06. The molecule has 0 aliphatic heterocycles. The average molecular weight is 288 g/mol. The lowest BCUT2D eigenvalue weighted by Crippen LogP contribution is -2.14. The second-order valence-corrected chi connectivity index (χ2v) is 4.57. The second-order valence-electron chi connectivity index (χ2n) is 4.57. The summed E-state index contributed by atoms with van der Waals surface area (Å²) >= 11 is 0. The van der Waals surface area contributed by atoms with Gasteiger partial charge in [0.05, 0.1) is 17.6 Å². The third-order valence-corrected chi connectivity index (χ3v) is 3.04. The van der Waals surface area contributed by atoms with Gasteiger partial charge >= 0.3 is 0 Å². The number of nitro benzene ring substituents is 1. The molecular weight excluding hydrogens is 272 g/mol. The van der Waals surface area contributed by atoms with Gasteiger partial charge in [-0.15, -0.1) is 0 Å². The Morgan fingerprint density at radius 3 is 2.57 bits per heavy atom. The standard InChI is InChI=1S/C15H16N2O4/c16-15(9-18)12-2-1-3-14(8-12)21-10-11-4-6-13(7-5-11)17(19)20/h1-8,15,18H,9-10,16H2/t15-/m0/s1. The van der Waals surface area contributed by atoms with Crippen LogP contribution in [0.1, 0.15) is 17.2 Å². The molecule has 2 aromatic carbocycles. The zero-order chi connectivity index (χ0) is 15.2. The number of hydrogen-bond acceptors (Lipinski definition) is 5. The molecule has 0 saturated heterocycles. The molecule has 0 heterocycles. The summed E-state index contributed by atoms with van der Waals surface area (Å²) in [5.74, 6) is 0.634. The normalized spacial score (nSPS) is 11.9. The Morgan fingerprint density at radius 2 is 1.95 bits per heavy atom. The van der Waals surface area contributed by atoms with E-state index in [1.54, 1.807) is 30.3 Å². The Balaban J connectivity index is 2.01. The van der Waals surface area contributed by atoms with E-state index in [1.165, 1.54) is 12.1 Å². The molecule has 0 amide bonds. The minimum Gasteiger partial charge on any atom is -0.489 e. The lowest BCUT2D eigenvalue weighted by Gasteiger charge is -2.11. The van der Waals surface area contributed by atoms with Crippen LogP contribution in [0, 0.1) is 10.1 Å². The van der Waals surface area contributed by atoms with Crippen LogP contribution in [0.15, 0.2) is 48.5 Å². The fourth-order valence-electron chi connectivity index (χ4n) is 1.82. The molecule has 2 aromatic rings. The Morgan fingerprint density at radius 1 is 1.24 bits per heavy atom. The molecule has 6 heteroatoms. The van der Waals surface area contributed by atoms with E-state index in [1.807, 2.05) is 6.07 Å². The molecule has 6 nitrogen and oxygen atoms in total. The van der Waals surface area contributed by atoms with Crippen LogP contribution in [0.3, 0.4) is 0 Å². The minimum atomic E-state index is -0.440. The molecule has 0 fully saturated rings. The van der Waals surface area contributed by atoms with Gasteiger partial charge in [0.2, 0.25) is 0 Å². The maximum Gasteiger partial charge on any atom is 0.269 e. The van der Waals surface area contributed by atoms with Crippen molar-refractivity contribution >= 4 is 5.69 Å². The maximum absolute atomic E-state index is 10.6. The van der Waals surface area contributed by atoms with E-state index < -0.39 is 11.0 Å². The van der Waals surface area contributed by atoms with Gasteiger partial charge in [0, 0.05) is 12.1 Å². The first-order valence-corrected chi connectivity index (χ1v) is 6.42. The second kappa shape index (κ2) is 6.83. The lowest BCUT2D eigenvalue weighted by atomic mass is 10.1. The first-order valence-electron chi connectivity index (χ1n) is 6.42. The predicted octanol–water partition coefficient (Wildman–Crippen LogP) is 2.17. The van der Waals surface area contributed by atoms with Crippen molar-refractivity contribution in [3.63, 3.8) is 0 Å². The predicted molar refractivity (Wildman–Crippen MR) is 77.9 cm³/mol. The quantitative estimate of drug-likeness (QED) is 0.627. The lowest BCUT2D eigenvalue weighted by molar-refractivity contribution is -0.384. The number of ether oxygens (including phenoxy) is 1. The molecule has 0 saturated carbocycles. The van der Waals surface area contributed by atoms with E-state index in [9.17, 15) is 10.1 Å². The first-order chi connectivity index (χ1) is 10.1. The van der Waals surface area contributed by atoms with E-state index in [0.717, 1.165) is 11.1 Å². The molecule has 0 aliphatic rings. The molecule has 0 aromatic heterocycles. The summed E-state index contributed by atoms with van der Waals surface area (Å²) in [4.78, 5) is 10.1. The van der Waals surface area contributed by atoms with Gasteiger partial charge in [-0.1, -0.05) is 12.1 Å². The number of nitro groups is 1. The largest absolute Gasteiger partial charge is 0.489 e. The van der Waals surface area contributed by atoms with Gasteiger partial charge in [-0.25, -0.2) is 0 Å². The zero-order valence-corrected chi connectivity index (χ0v) is 11.3. The van der Waals surface area contributed by atoms with Crippen molar-refractivity contribution in [1.29, 1.82) is 0 Å².